The fraction of sp³-hybridized carbons (Fsp3) is 0.476. The lowest BCUT2D eigenvalue weighted by Gasteiger charge is -2.27. The number of hydrogen-bond donors (Lipinski definition) is 0. The van der Waals surface area contributed by atoms with Crippen molar-refractivity contribution in [3.05, 3.63) is 36.9 Å². The number of aromatic nitrogens is 3. The first kappa shape index (κ1) is 23.3. The van der Waals surface area contributed by atoms with E-state index in [0.29, 0.717) is 36.2 Å². The van der Waals surface area contributed by atoms with Crippen molar-refractivity contribution < 1.29 is 17.9 Å². The molecule has 0 N–H and O–H groups in total. The summed E-state index contributed by atoms with van der Waals surface area (Å²) in [7, 11) is -1.45. The Hall–Kier alpha value is -2.33. The molecule has 0 aliphatic carbocycles. The highest BCUT2D eigenvalue weighted by molar-refractivity contribution is 7.99. The molecule has 1 atom stereocenters. The molecule has 0 bridgehead atoms. The first-order valence-corrected chi connectivity index (χ1v) is 13.0. The number of amides is 1. The van der Waals surface area contributed by atoms with Gasteiger partial charge in [0.05, 0.1) is 29.9 Å². The molecule has 1 amide bonds. The minimum atomic E-state index is -3.06. The molecule has 1 aromatic carbocycles. The summed E-state index contributed by atoms with van der Waals surface area (Å²) in [5.41, 5.74) is 0.807. The Morgan fingerprint density at radius 2 is 2.16 bits per heavy atom. The molecule has 0 radical (unpaired) electrons. The van der Waals surface area contributed by atoms with Crippen LogP contribution >= 0.6 is 11.8 Å². The molecule has 1 aliphatic rings. The molecule has 1 aliphatic heterocycles. The summed E-state index contributed by atoms with van der Waals surface area (Å²) in [4.78, 5) is 14.7. The second-order valence-electron chi connectivity index (χ2n) is 7.34. The molecule has 3 rings (SSSR count). The third-order valence-electron chi connectivity index (χ3n) is 5.14. The number of benzene rings is 1. The fourth-order valence-electron chi connectivity index (χ4n) is 3.70. The highest BCUT2D eigenvalue weighted by Gasteiger charge is 2.34. The van der Waals surface area contributed by atoms with E-state index in [0.717, 1.165) is 12.0 Å². The monoisotopic (exact) mass is 464 g/mol. The zero-order valence-electron chi connectivity index (χ0n) is 17.9. The number of sulfone groups is 1. The summed E-state index contributed by atoms with van der Waals surface area (Å²) in [5, 5.41) is 9.22. The Morgan fingerprint density at radius 3 is 2.81 bits per heavy atom. The van der Waals surface area contributed by atoms with Gasteiger partial charge in [-0.3, -0.25) is 9.36 Å². The Balaban J connectivity index is 1.78. The van der Waals surface area contributed by atoms with Crippen LogP contribution in [0.15, 0.2) is 42.1 Å². The molecule has 1 saturated heterocycles. The number of thioether (sulfide) groups is 1. The van der Waals surface area contributed by atoms with Crippen LogP contribution in [-0.2, 0) is 21.2 Å². The maximum absolute atomic E-state index is 13.0. The van der Waals surface area contributed by atoms with Crippen LogP contribution in [0.3, 0.4) is 0 Å². The summed E-state index contributed by atoms with van der Waals surface area (Å²) in [6, 6.07) is 7.31. The van der Waals surface area contributed by atoms with E-state index < -0.39 is 9.84 Å². The van der Waals surface area contributed by atoms with Crippen molar-refractivity contribution in [1.82, 2.24) is 19.7 Å². The van der Waals surface area contributed by atoms with Crippen LogP contribution in [0, 0.1) is 0 Å². The largest absolute Gasteiger partial charge is 0.496 e. The van der Waals surface area contributed by atoms with Crippen LogP contribution in [0.2, 0.25) is 0 Å². The third kappa shape index (κ3) is 5.48. The van der Waals surface area contributed by atoms with Gasteiger partial charge in [0.2, 0.25) is 5.91 Å². The first-order chi connectivity index (χ1) is 14.9. The Kier molecular flexibility index (Phi) is 7.77. The lowest BCUT2D eigenvalue weighted by atomic mass is 10.2. The zero-order valence-corrected chi connectivity index (χ0v) is 19.5. The van der Waals surface area contributed by atoms with E-state index in [1.54, 1.807) is 18.1 Å². The number of allylic oxidation sites excluding steroid dienone is 1. The van der Waals surface area contributed by atoms with Crippen molar-refractivity contribution in [3.63, 3.8) is 0 Å². The highest BCUT2D eigenvalue weighted by atomic mass is 32.2. The SMILES string of the molecule is C=CCn1c(SCC(=O)N(CCC)[C@H]2CCS(=O)(=O)C2)nnc1-c1ccccc1OC. The first-order valence-electron chi connectivity index (χ1n) is 10.2. The Morgan fingerprint density at radius 1 is 1.39 bits per heavy atom. The number of carbonyl (C=O) groups is 1. The van der Waals surface area contributed by atoms with Crippen molar-refractivity contribution in [2.75, 3.05) is 30.9 Å². The van der Waals surface area contributed by atoms with Gasteiger partial charge in [0.25, 0.3) is 0 Å². The number of para-hydroxylation sites is 1. The molecule has 2 aromatic rings. The number of methoxy groups -OCH3 is 1. The number of rotatable bonds is 10. The molecule has 0 saturated carbocycles. The van der Waals surface area contributed by atoms with Crippen LogP contribution < -0.4 is 4.74 Å². The summed E-state index contributed by atoms with van der Waals surface area (Å²) in [6.45, 7) is 6.83. The molecule has 0 spiro atoms. The summed E-state index contributed by atoms with van der Waals surface area (Å²) in [5.74, 6) is 1.60. The molecular weight excluding hydrogens is 436 g/mol. The molecule has 2 heterocycles. The van der Waals surface area contributed by atoms with Gasteiger partial charge in [0.15, 0.2) is 20.8 Å². The predicted molar refractivity (Wildman–Crippen MR) is 122 cm³/mol. The molecule has 1 fully saturated rings. The van der Waals surface area contributed by atoms with Gasteiger partial charge in [-0.2, -0.15) is 0 Å². The normalized spacial score (nSPS) is 17.4. The van der Waals surface area contributed by atoms with E-state index in [1.807, 2.05) is 35.8 Å². The maximum Gasteiger partial charge on any atom is 0.233 e. The standard InChI is InChI=1S/C21H28N4O4S2/c1-4-11-24(16-10-13-31(27,28)15-16)19(26)14-30-21-23-22-20(25(21)12-5-2)17-8-6-7-9-18(17)29-3/h5-9,16H,2,4,10-15H2,1,3H3/t16-/m0/s1. The van der Waals surface area contributed by atoms with Crippen LogP contribution in [0.5, 0.6) is 5.75 Å². The van der Waals surface area contributed by atoms with Crippen molar-refractivity contribution in [3.8, 4) is 17.1 Å². The Bertz CT molecular complexity index is 1040. The van der Waals surface area contributed by atoms with E-state index in [2.05, 4.69) is 16.8 Å². The minimum Gasteiger partial charge on any atom is -0.496 e. The number of ether oxygens (including phenoxy) is 1. The van der Waals surface area contributed by atoms with Gasteiger partial charge >= 0.3 is 0 Å². The molecule has 10 heteroatoms. The Labute approximate surface area is 187 Å². The number of carbonyl (C=O) groups excluding carboxylic acids is 1. The molecule has 168 valence electrons. The van der Waals surface area contributed by atoms with E-state index >= 15 is 0 Å². The van der Waals surface area contributed by atoms with Gasteiger partial charge in [-0.25, -0.2) is 8.42 Å². The maximum atomic E-state index is 13.0. The molecule has 8 nitrogen and oxygen atoms in total. The van der Waals surface area contributed by atoms with Gasteiger partial charge in [-0.15, -0.1) is 16.8 Å². The fourth-order valence-corrected chi connectivity index (χ4v) is 6.26. The third-order valence-corrected chi connectivity index (χ3v) is 7.84. The molecule has 1 aromatic heterocycles. The summed E-state index contributed by atoms with van der Waals surface area (Å²) < 4.78 is 31.1. The lowest BCUT2D eigenvalue weighted by molar-refractivity contribution is -0.130. The van der Waals surface area contributed by atoms with Crippen molar-refractivity contribution in [2.45, 2.75) is 37.5 Å². The van der Waals surface area contributed by atoms with Gasteiger partial charge in [0, 0.05) is 19.1 Å². The summed E-state index contributed by atoms with van der Waals surface area (Å²) >= 11 is 1.30. The number of nitrogens with zero attached hydrogens (tertiary/aromatic N) is 4. The van der Waals surface area contributed by atoms with E-state index in [1.165, 1.54) is 11.8 Å². The lowest BCUT2D eigenvalue weighted by Crippen LogP contribution is -2.42. The molecular formula is C21H28N4O4S2. The van der Waals surface area contributed by atoms with Crippen molar-refractivity contribution in [2.24, 2.45) is 0 Å². The second-order valence-corrected chi connectivity index (χ2v) is 10.5. The van der Waals surface area contributed by atoms with Crippen LogP contribution in [0.1, 0.15) is 19.8 Å². The van der Waals surface area contributed by atoms with Gasteiger partial charge in [-0.05, 0) is 25.0 Å². The minimum absolute atomic E-state index is 0.0496. The van der Waals surface area contributed by atoms with E-state index in [4.69, 9.17) is 4.74 Å². The molecule has 31 heavy (non-hydrogen) atoms. The van der Waals surface area contributed by atoms with Gasteiger partial charge in [0.1, 0.15) is 5.75 Å². The smallest absolute Gasteiger partial charge is 0.233 e. The number of hydrogen-bond acceptors (Lipinski definition) is 7. The second kappa shape index (κ2) is 10.3. The van der Waals surface area contributed by atoms with Crippen LogP contribution in [-0.4, -0.2) is 70.9 Å². The van der Waals surface area contributed by atoms with Crippen molar-refractivity contribution >= 4 is 27.5 Å². The van der Waals surface area contributed by atoms with Crippen LogP contribution in [0.25, 0.3) is 11.4 Å². The van der Waals surface area contributed by atoms with E-state index in [-0.39, 0.29) is 29.2 Å². The average Bonchev–Trinajstić information content (AvgIpc) is 3.33. The van der Waals surface area contributed by atoms with Crippen LogP contribution in [0.4, 0.5) is 0 Å². The predicted octanol–water partition coefficient (Wildman–Crippen LogP) is 2.66. The molecule has 0 unspecified atom stereocenters. The van der Waals surface area contributed by atoms with Gasteiger partial charge in [-0.1, -0.05) is 36.9 Å². The summed E-state index contributed by atoms with van der Waals surface area (Å²) in [6.07, 6.45) is 3.03. The zero-order chi connectivity index (χ0) is 22.4. The van der Waals surface area contributed by atoms with Gasteiger partial charge < -0.3 is 9.64 Å². The quantitative estimate of drug-likeness (QED) is 0.394. The van der Waals surface area contributed by atoms with E-state index in [9.17, 15) is 13.2 Å². The average molecular weight is 465 g/mol. The van der Waals surface area contributed by atoms with Crippen molar-refractivity contribution in [1.29, 1.82) is 0 Å². The topological polar surface area (TPSA) is 94.4 Å². The highest BCUT2D eigenvalue weighted by Crippen LogP contribution is 2.31.